The molecule has 1 fully saturated rings. The number of carbonyl (C=O) groups excluding carboxylic acids is 3. The lowest BCUT2D eigenvalue weighted by Crippen LogP contribution is -2.62. The number of carbonyl (C=O) groups is 3. The molecule has 1 saturated heterocycles. The van der Waals surface area contributed by atoms with Crippen molar-refractivity contribution in [3.63, 3.8) is 0 Å². The molecule has 0 bridgehead atoms. The first kappa shape index (κ1) is 15.2. The van der Waals surface area contributed by atoms with Crippen molar-refractivity contribution in [3.8, 4) is 0 Å². The monoisotopic (exact) mass is 288 g/mol. The molecule has 1 aliphatic heterocycles. The van der Waals surface area contributed by atoms with Gasteiger partial charge >= 0.3 is 6.03 Å². The number of imide groups is 2. The van der Waals surface area contributed by atoms with Crippen LogP contribution in [0.4, 0.5) is 10.5 Å². The molecule has 5 heteroatoms. The van der Waals surface area contributed by atoms with Gasteiger partial charge in [-0.25, -0.2) is 9.69 Å². The molecule has 4 amide bonds. The first-order valence-electron chi connectivity index (χ1n) is 7.17. The molecular formula is C16H20N2O3. The number of barbiturate groups is 1. The molecule has 1 aromatic rings. The van der Waals surface area contributed by atoms with Gasteiger partial charge in [-0.05, 0) is 44.4 Å². The van der Waals surface area contributed by atoms with Crippen LogP contribution in [0.2, 0.25) is 0 Å². The topological polar surface area (TPSA) is 66.5 Å². The van der Waals surface area contributed by atoms with Crippen molar-refractivity contribution < 1.29 is 14.4 Å². The second-order valence-corrected chi connectivity index (χ2v) is 5.79. The Balaban J connectivity index is 2.26. The predicted octanol–water partition coefficient (Wildman–Crippen LogP) is 2.64. The summed E-state index contributed by atoms with van der Waals surface area (Å²) >= 11 is 0. The number of rotatable bonds is 4. The highest BCUT2D eigenvalue weighted by Crippen LogP contribution is 2.28. The Morgan fingerprint density at radius 2 is 1.71 bits per heavy atom. The summed E-state index contributed by atoms with van der Waals surface area (Å²) in [7, 11) is 0. The minimum Gasteiger partial charge on any atom is -0.276 e. The molecule has 0 radical (unpaired) electrons. The number of unbranched alkanes of at least 4 members (excludes halogenated alkanes) is 1. The van der Waals surface area contributed by atoms with Crippen molar-refractivity contribution in [2.24, 2.45) is 5.41 Å². The molecular weight excluding hydrogens is 268 g/mol. The molecule has 1 aromatic carbocycles. The highest BCUT2D eigenvalue weighted by Gasteiger charge is 2.47. The maximum atomic E-state index is 12.4. The Bertz CT molecular complexity index is 576. The second kappa shape index (κ2) is 5.68. The molecule has 0 spiro atoms. The maximum absolute atomic E-state index is 12.4. The van der Waals surface area contributed by atoms with Crippen LogP contribution >= 0.6 is 0 Å². The van der Waals surface area contributed by atoms with Crippen molar-refractivity contribution in [1.82, 2.24) is 5.32 Å². The van der Waals surface area contributed by atoms with Crippen LogP contribution in [0.1, 0.15) is 39.2 Å². The number of nitrogens with zero attached hydrogens (tertiary/aromatic N) is 1. The summed E-state index contributed by atoms with van der Waals surface area (Å²) < 4.78 is 0. The van der Waals surface area contributed by atoms with E-state index >= 15 is 0 Å². The smallest absolute Gasteiger partial charge is 0.276 e. The summed E-state index contributed by atoms with van der Waals surface area (Å²) in [6.07, 6.45) is 3.19. The SMILES string of the molecule is CCCCc1ccc(N2C(=O)NC(=O)C(C)(C)C2=O)cc1. The van der Waals surface area contributed by atoms with Crippen molar-refractivity contribution in [1.29, 1.82) is 0 Å². The fourth-order valence-electron chi connectivity index (χ4n) is 2.21. The van der Waals surface area contributed by atoms with Gasteiger partial charge < -0.3 is 0 Å². The molecule has 0 saturated carbocycles. The lowest BCUT2D eigenvalue weighted by atomic mass is 9.88. The highest BCUT2D eigenvalue weighted by molar-refractivity contribution is 6.29. The lowest BCUT2D eigenvalue weighted by Gasteiger charge is -2.34. The number of anilines is 1. The predicted molar refractivity (Wildman–Crippen MR) is 79.9 cm³/mol. The van der Waals surface area contributed by atoms with E-state index in [-0.39, 0.29) is 0 Å². The zero-order chi connectivity index (χ0) is 15.6. The van der Waals surface area contributed by atoms with Crippen LogP contribution in [0.15, 0.2) is 24.3 Å². The van der Waals surface area contributed by atoms with Crippen LogP contribution in [0.25, 0.3) is 0 Å². The van der Waals surface area contributed by atoms with E-state index in [1.54, 1.807) is 12.1 Å². The fraction of sp³-hybridized carbons (Fsp3) is 0.438. The van der Waals surface area contributed by atoms with Gasteiger partial charge in [-0.2, -0.15) is 0 Å². The average molecular weight is 288 g/mol. The van der Waals surface area contributed by atoms with Gasteiger partial charge in [0.1, 0.15) is 5.41 Å². The van der Waals surface area contributed by atoms with Crippen LogP contribution in [0, 0.1) is 5.41 Å². The van der Waals surface area contributed by atoms with Crippen molar-refractivity contribution in [2.75, 3.05) is 4.90 Å². The second-order valence-electron chi connectivity index (χ2n) is 5.79. The van der Waals surface area contributed by atoms with Gasteiger partial charge in [-0.1, -0.05) is 25.5 Å². The Kier molecular flexibility index (Phi) is 4.11. The third-order valence-corrected chi connectivity index (χ3v) is 3.74. The van der Waals surface area contributed by atoms with E-state index in [2.05, 4.69) is 12.2 Å². The summed E-state index contributed by atoms with van der Waals surface area (Å²) in [6.45, 7) is 5.16. The van der Waals surface area contributed by atoms with Gasteiger partial charge in [0, 0.05) is 0 Å². The van der Waals surface area contributed by atoms with Crippen LogP contribution in [0.5, 0.6) is 0 Å². The van der Waals surface area contributed by atoms with Crippen molar-refractivity contribution >= 4 is 23.5 Å². The molecule has 5 nitrogen and oxygen atoms in total. The van der Waals surface area contributed by atoms with Gasteiger partial charge in [0.15, 0.2) is 0 Å². The molecule has 1 N–H and O–H groups in total. The zero-order valence-corrected chi connectivity index (χ0v) is 12.6. The van der Waals surface area contributed by atoms with E-state index < -0.39 is 23.3 Å². The fourth-order valence-corrected chi connectivity index (χ4v) is 2.21. The lowest BCUT2D eigenvalue weighted by molar-refractivity contribution is -0.140. The molecule has 0 aromatic heterocycles. The summed E-state index contributed by atoms with van der Waals surface area (Å²) in [6, 6.07) is 6.62. The van der Waals surface area contributed by atoms with E-state index in [1.807, 2.05) is 12.1 Å². The average Bonchev–Trinajstić information content (AvgIpc) is 2.45. The van der Waals surface area contributed by atoms with E-state index in [4.69, 9.17) is 0 Å². The van der Waals surface area contributed by atoms with Crippen molar-refractivity contribution in [2.45, 2.75) is 40.0 Å². The van der Waals surface area contributed by atoms with E-state index in [1.165, 1.54) is 19.4 Å². The molecule has 112 valence electrons. The minimum atomic E-state index is -1.24. The van der Waals surface area contributed by atoms with Gasteiger partial charge in [-0.15, -0.1) is 0 Å². The Morgan fingerprint density at radius 3 is 2.29 bits per heavy atom. The Morgan fingerprint density at radius 1 is 1.10 bits per heavy atom. The van der Waals surface area contributed by atoms with Crippen LogP contribution in [-0.2, 0) is 16.0 Å². The standard InChI is InChI=1S/C16H20N2O3/c1-4-5-6-11-7-9-12(10-8-11)18-14(20)16(2,3)13(19)17-15(18)21/h7-10H,4-6H2,1-3H3,(H,17,19,21). The van der Waals surface area contributed by atoms with E-state index in [0.717, 1.165) is 24.2 Å². The summed E-state index contributed by atoms with van der Waals surface area (Å²) in [5, 5.41) is 2.22. The number of hydrogen-bond donors (Lipinski definition) is 1. The first-order valence-corrected chi connectivity index (χ1v) is 7.17. The number of benzene rings is 1. The molecule has 1 aliphatic rings. The van der Waals surface area contributed by atoms with Gasteiger partial charge in [0.05, 0.1) is 5.69 Å². The third kappa shape index (κ3) is 2.82. The molecule has 2 rings (SSSR count). The number of amides is 4. The summed E-state index contributed by atoms with van der Waals surface area (Å²) in [4.78, 5) is 37.0. The van der Waals surface area contributed by atoms with Crippen LogP contribution in [0.3, 0.4) is 0 Å². The Hall–Kier alpha value is -2.17. The zero-order valence-electron chi connectivity index (χ0n) is 12.6. The number of hydrogen-bond acceptors (Lipinski definition) is 3. The molecule has 0 unspecified atom stereocenters. The summed E-state index contributed by atoms with van der Waals surface area (Å²) in [5.74, 6) is -1.06. The van der Waals surface area contributed by atoms with Gasteiger partial charge in [-0.3, -0.25) is 14.9 Å². The van der Waals surface area contributed by atoms with Gasteiger partial charge in [0.25, 0.3) is 0 Å². The van der Waals surface area contributed by atoms with E-state index in [9.17, 15) is 14.4 Å². The summed E-state index contributed by atoms with van der Waals surface area (Å²) in [5.41, 5.74) is 0.411. The first-order chi connectivity index (χ1) is 9.87. The normalized spacial score (nSPS) is 17.9. The molecule has 0 aliphatic carbocycles. The van der Waals surface area contributed by atoms with Crippen molar-refractivity contribution in [3.05, 3.63) is 29.8 Å². The molecule has 21 heavy (non-hydrogen) atoms. The number of aryl methyl sites for hydroxylation is 1. The maximum Gasteiger partial charge on any atom is 0.335 e. The largest absolute Gasteiger partial charge is 0.335 e. The van der Waals surface area contributed by atoms with Crippen LogP contribution in [-0.4, -0.2) is 17.8 Å². The molecule has 1 heterocycles. The Labute approximate surface area is 124 Å². The quantitative estimate of drug-likeness (QED) is 0.866. The minimum absolute atomic E-state index is 0.485. The van der Waals surface area contributed by atoms with Crippen LogP contribution < -0.4 is 10.2 Å². The van der Waals surface area contributed by atoms with Gasteiger partial charge in [0.2, 0.25) is 11.8 Å². The molecule has 0 atom stereocenters. The highest BCUT2D eigenvalue weighted by atomic mass is 16.2. The number of nitrogens with one attached hydrogen (secondary N) is 1. The van der Waals surface area contributed by atoms with E-state index in [0.29, 0.717) is 5.69 Å². The third-order valence-electron chi connectivity index (χ3n) is 3.74. The number of urea groups is 1.